The maximum absolute atomic E-state index is 8.11. The Morgan fingerprint density at radius 2 is 2.25 bits per heavy atom. The Bertz CT molecular complexity index is 39.0. The van der Waals surface area contributed by atoms with E-state index in [1.54, 1.807) is 0 Å². The highest BCUT2D eigenvalue weighted by atomic mass is 16.5. The van der Waals surface area contributed by atoms with Crippen molar-refractivity contribution in [3.05, 3.63) is 0 Å². The van der Waals surface area contributed by atoms with Crippen LogP contribution in [0.25, 0.3) is 0 Å². The van der Waals surface area contributed by atoms with Crippen molar-refractivity contribution in [1.29, 1.82) is 0 Å². The molecule has 0 aromatic heterocycles. The van der Waals surface area contributed by atoms with Crippen molar-refractivity contribution in [3.8, 4) is 0 Å². The summed E-state index contributed by atoms with van der Waals surface area (Å²) in [5.41, 5.74) is 5.19. The normalized spacial score (nSPS) is 9.25. The minimum Gasteiger partial charge on any atom is -0.430 e. The quantitative estimate of drug-likeness (QED) is 0.358. The van der Waals surface area contributed by atoms with Gasteiger partial charge in [0.1, 0.15) is 0 Å². The summed E-state index contributed by atoms with van der Waals surface area (Å²) in [7, 11) is -0.176. The van der Waals surface area contributed by atoms with Crippen LogP contribution in [0.15, 0.2) is 0 Å². The predicted molar refractivity (Wildman–Crippen MR) is 33.6 cm³/mol. The van der Waals surface area contributed by atoms with E-state index in [0.717, 1.165) is 12.8 Å². The Hall–Kier alpha value is -0.0551. The molecule has 0 heterocycles. The van der Waals surface area contributed by atoms with Gasteiger partial charge in [0.25, 0.3) is 0 Å². The van der Waals surface area contributed by atoms with E-state index in [-0.39, 0.29) is 7.69 Å². The lowest BCUT2D eigenvalue weighted by molar-refractivity contribution is 0.277. The lowest BCUT2D eigenvalue weighted by atomic mass is 10.3. The Kier molecular flexibility index (Phi) is 6.90. The molecule has 0 saturated heterocycles. The Balaban J connectivity index is 2.53. The highest BCUT2D eigenvalue weighted by Gasteiger charge is 1.85. The van der Waals surface area contributed by atoms with Crippen molar-refractivity contribution in [2.24, 2.45) is 5.73 Å². The summed E-state index contributed by atoms with van der Waals surface area (Å²) in [5, 5.41) is 8.11. The molecule has 0 aromatic carbocycles. The molecule has 3 nitrogen and oxygen atoms in total. The fourth-order valence-electron chi connectivity index (χ4n) is 0.413. The van der Waals surface area contributed by atoms with Crippen LogP contribution >= 0.6 is 0 Å². The number of hydrogen-bond donors (Lipinski definition) is 2. The van der Waals surface area contributed by atoms with Gasteiger partial charge in [-0.1, -0.05) is 0 Å². The molecule has 4 heteroatoms. The number of hydrogen-bond acceptors (Lipinski definition) is 3. The zero-order valence-corrected chi connectivity index (χ0v) is 4.97. The average Bonchev–Trinajstić information content (AvgIpc) is 1.81. The van der Waals surface area contributed by atoms with Gasteiger partial charge in [-0.25, -0.2) is 0 Å². The van der Waals surface area contributed by atoms with Crippen molar-refractivity contribution < 1.29 is 9.68 Å². The molecule has 0 aliphatic heterocycles. The van der Waals surface area contributed by atoms with Gasteiger partial charge in [-0.15, -0.1) is 0 Å². The monoisotopic (exact) mass is 117 g/mol. The number of unbranched alkanes of at least 4 members (excludes halogenated alkanes) is 1. The topological polar surface area (TPSA) is 55.5 Å². The minimum absolute atomic E-state index is 0.176. The summed E-state index contributed by atoms with van der Waals surface area (Å²) in [6, 6.07) is 0. The van der Waals surface area contributed by atoms with Gasteiger partial charge in [0, 0.05) is 6.61 Å². The third kappa shape index (κ3) is 5.94. The third-order valence-electron chi connectivity index (χ3n) is 0.834. The molecule has 0 aliphatic carbocycles. The first-order valence-corrected chi connectivity index (χ1v) is 2.80. The summed E-state index contributed by atoms with van der Waals surface area (Å²) in [6.45, 7) is 1.32. The molecule has 0 bridgehead atoms. The van der Waals surface area contributed by atoms with Gasteiger partial charge in [0.15, 0.2) is 0 Å². The lowest BCUT2D eigenvalue weighted by Gasteiger charge is -1.95. The lowest BCUT2D eigenvalue weighted by Crippen LogP contribution is -2.03. The third-order valence-corrected chi connectivity index (χ3v) is 0.834. The van der Waals surface area contributed by atoms with Gasteiger partial charge in [0.05, 0.1) is 0 Å². The highest BCUT2D eigenvalue weighted by molar-refractivity contribution is 6.15. The SMILES string of the molecule is NCCCCOBO. The van der Waals surface area contributed by atoms with Crippen LogP contribution in [0.4, 0.5) is 0 Å². The van der Waals surface area contributed by atoms with Crippen molar-refractivity contribution in [1.82, 2.24) is 0 Å². The summed E-state index contributed by atoms with van der Waals surface area (Å²) in [4.78, 5) is 0. The van der Waals surface area contributed by atoms with E-state index in [4.69, 9.17) is 10.8 Å². The minimum atomic E-state index is -0.176. The van der Waals surface area contributed by atoms with Crippen molar-refractivity contribution in [2.45, 2.75) is 12.8 Å². The first-order valence-electron chi connectivity index (χ1n) is 2.80. The predicted octanol–water partition coefficient (Wildman–Crippen LogP) is -0.999. The summed E-state index contributed by atoms with van der Waals surface area (Å²) < 4.78 is 4.64. The first kappa shape index (κ1) is 7.94. The molecule has 0 aliphatic rings. The van der Waals surface area contributed by atoms with Gasteiger partial charge < -0.3 is 15.4 Å². The maximum Gasteiger partial charge on any atom is 0.435 e. The molecule has 8 heavy (non-hydrogen) atoms. The smallest absolute Gasteiger partial charge is 0.430 e. The highest BCUT2D eigenvalue weighted by Crippen LogP contribution is 1.84. The van der Waals surface area contributed by atoms with Crippen LogP contribution in [0.3, 0.4) is 0 Å². The van der Waals surface area contributed by atoms with Crippen LogP contribution in [0.1, 0.15) is 12.8 Å². The Labute approximate surface area is 50.1 Å². The van der Waals surface area contributed by atoms with E-state index in [1.165, 1.54) is 0 Å². The fourth-order valence-corrected chi connectivity index (χ4v) is 0.413. The van der Waals surface area contributed by atoms with Crippen LogP contribution in [-0.4, -0.2) is 25.9 Å². The van der Waals surface area contributed by atoms with Crippen LogP contribution in [-0.2, 0) is 4.65 Å². The molecule has 0 spiro atoms. The van der Waals surface area contributed by atoms with E-state index >= 15 is 0 Å². The molecule has 0 saturated carbocycles. The molecule has 0 amide bonds. The first-order chi connectivity index (χ1) is 3.91. The van der Waals surface area contributed by atoms with Crippen molar-refractivity contribution in [3.63, 3.8) is 0 Å². The molecule has 0 rings (SSSR count). The summed E-state index contributed by atoms with van der Waals surface area (Å²) in [6.07, 6.45) is 1.91. The standard InChI is InChI=1S/C4H12BNO2/c6-3-1-2-4-8-5-7/h5,7H,1-4,6H2. The zero-order valence-electron chi connectivity index (χ0n) is 4.97. The molecule has 0 fully saturated rings. The Morgan fingerprint density at radius 3 is 2.75 bits per heavy atom. The second-order valence-corrected chi connectivity index (χ2v) is 1.53. The van der Waals surface area contributed by atoms with Gasteiger partial charge >= 0.3 is 7.69 Å². The molecule has 48 valence electrons. The van der Waals surface area contributed by atoms with Gasteiger partial charge in [-0.3, -0.25) is 0 Å². The average molecular weight is 117 g/mol. The second-order valence-electron chi connectivity index (χ2n) is 1.53. The van der Waals surface area contributed by atoms with Crippen LogP contribution in [0, 0.1) is 0 Å². The van der Waals surface area contributed by atoms with E-state index in [1.807, 2.05) is 0 Å². The molecule has 0 aromatic rings. The maximum atomic E-state index is 8.11. The summed E-state index contributed by atoms with van der Waals surface area (Å²) in [5.74, 6) is 0. The second kappa shape index (κ2) is 6.94. The molecular weight excluding hydrogens is 105 g/mol. The molecule has 0 unspecified atom stereocenters. The van der Waals surface area contributed by atoms with E-state index < -0.39 is 0 Å². The zero-order chi connectivity index (χ0) is 6.24. The van der Waals surface area contributed by atoms with Crippen LogP contribution < -0.4 is 5.73 Å². The number of nitrogens with two attached hydrogens (primary N) is 1. The molecule has 0 atom stereocenters. The Morgan fingerprint density at radius 1 is 1.50 bits per heavy atom. The van der Waals surface area contributed by atoms with E-state index in [0.29, 0.717) is 13.2 Å². The van der Waals surface area contributed by atoms with Crippen LogP contribution in [0.2, 0.25) is 0 Å². The fraction of sp³-hybridized carbons (Fsp3) is 1.00. The van der Waals surface area contributed by atoms with E-state index in [9.17, 15) is 0 Å². The number of rotatable bonds is 5. The van der Waals surface area contributed by atoms with Gasteiger partial charge in [-0.05, 0) is 19.4 Å². The van der Waals surface area contributed by atoms with E-state index in [2.05, 4.69) is 4.65 Å². The van der Waals surface area contributed by atoms with Gasteiger partial charge in [0.2, 0.25) is 0 Å². The molecule has 3 N–H and O–H groups in total. The largest absolute Gasteiger partial charge is 0.435 e. The molecular formula is C4H12BNO2. The summed E-state index contributed by atoms with van der Waals surface area (Å²) >= 11 is 0. The van der Waals surface area contributed by atoms with Crippen LogP contribution in [0.5, 0.6) is 0 Å². The van der Waals surface area contributed by atoms with Crippen molar-refractivity contribution >= 4 is 7.69 Å². The van der Waals surface area contributed by atoms with Gasteiger partial charge in [-0.2, -0.15) is 0 Å². The van der Waals surface area contributed by atoms with Crippen molar-refractivity contribution in [2.75, 3.05) is 13.2 Å². The molecule has 0 radical (unpaired) electrons.